The number of rotatable bonds is 4. The summed E-state index contributed by atoms with van der Waals surface area (Å²) >= 11 is 0. The van der Waals surface area contributed by atoms with Crippen molar-refractivity contribution in [3.8, 4) is 0 Å². The first-order chi connectivity index (χ1) is 6.64. The highest BCUT2D eigenvalue weighted by atomic mass is 19.1. The van der Waals surface area contributed by atoms with Gasteiger partial charge in [-0.3, -0.25) is 0 Å². The Kier molecular flexibility index (Phi) is 3.61. The van der Waals surface area contributed by atoms with E-state index in [-0.39, 0.29) is 12.4 Å². The zero-order valence-corrected chi connectivity index (χ0v) is 8.33. The Morgan fingerprint density at radius 2 is 2.07 bits per heavy atom. The lowest BCUT2D eigenvalue weighted by Crippen LogP contribution is -2.37. The fourth-order valence-electron chi connectivity index (χ4n) is 1.57. The second-order valence-corrected chi connectivity index (χ2v) is 3.46. The normalized spacial score (nSPS) is 15.1. The summed E-state index contributed by atoms with van der Waals surface area (Å²) < 4.78 is 13.4. The molecule has 0 fully saturated rings. The average molecular weight is 197 g/mol. The van der Waals surface area contributed by atoms with E-state index >= 15 is 0 Å². The fraction of sp³-hybridized carbons (Fsp3) is 0.455. The van der Waals surface area contributed by atoms with E-state index in [1.54, 1.807) is 18.2 Å². The third-order valence-electron chi connectivity index (χ3n) is 2.60. The minimum absolute atomic E-state index is 0.0291. The maximum atomic E-state index is 13.4. The maximum absolute atomic E-state index is 13.4. The first-order valence-corrected chi connectivity index (χ1v) is 4.79. The van der Waals surface area contributed by atoms with E-state index < -0.39 is 5.54 Å². The maximum Gasteiger partial charge on any atom is 0.128 e. The van der Waals surface area contributed by atoms with Crippen LogP contribution in [0.15, 0.2) is 24.3 Å². The third kappa shape index (κ3) is 2.11. The van der Waals surface area contributed by atoms with Crippen molar-refractivity contribution >= 4 is 0 Å². The lowest BCUT2D eigenvalue weighted by atomic mass is 9.85. The Morgan fingerprint density at radius 3 is 2.57 bits per heavy atom. The second-order valence-electron chi connectivity index (χ2n) is 3.46. The van der Waals surface area contributed by atoms with Crippen molar-refractivity contribution in [2.24, 2.45) is 5.73 Å². The van der Waals surface area contributed by atoms with Crippen LogP contribution in [0.1, 0.15) is 25.3 Å². The summed E-state index contributed by atoms with van der Waals surface area (Å²) in [4.78, 5) is 0. The summed E-state index contributed by atoms with van der Waals surface area (Å²) in [6, 6.07) is 6.46. The van der Waals surface area contributed by atoms with Gasteiger partial charge in [0.1, 0.15) is 5.82 Å². The van der Waals surface area contributed by atoms with Crippen LogP contribution in [-0.4, -0.2) is 11.7 Å². The highest BCUT2D eigenvalue weighted by molar-refractivity contribution is 5.25. The third-order valence-corrected chi connectivity index (χ3v) is 2.60. The molecule has 0 aromatic heterocycles. The van der Waals surface area contributed by atoms with E-state index in [0.29, 0.717) is 18.4 Å². The van der Waals surface area contributed by atoms with Gasteiger partial charge in [-0.05, 0) is 18.9 Å². The van der Waals surface area contributed by atoms with Crippen molar-refractivity contribution in [1.29, 1.82) is 0 Å². The Balaban J connectivity index is 3.05. The summed E-state index contributed by atoms with van der Waals surface area (Å²) in [6.07, 6.45) is 0.985. The molecule has 3 heteroatoms. The van der Waals surface area contributed by atoms with Crippen molar-refractivity contribution in [2.75, 3.05) is 6.61 Å². The largest absolute Gasteiger partial charge is 0.396 e. The minimum atomic E-state index is -0.750. The van der Waals surface area contributed by atoms with E-state index in [1.165, 1.54) is 6.07 Å². The van der Waals surface area contributed by atoms with Crippen LogP contribution in [0.5, 0.6) is 0 Å². The number of nitrogens with two attached hydrogens (primary N) is 1. The molecule has 0 spiro atoms. The van der Waals surface area contributed by atoms with Gasteiger partial charge in [-0.1, -0.05) is 25.1 Å². The molecule has 0 aliphatic heterocycles. The molecule has 0 aliphatic rings. The monoisotopic (exact) mass is 197 g/mol. The van der Waals surface area contributed by atoms with Gasteiger partial charge in [0.05, 0.1) is 0 Å². The Morgan fingerprint density at radius 1 is 1.43 bits per heavy atom. The molecule has 0 aliphatic carbocycles. The molecule has 0 radical (unpaired) electrons. The molecule has 3 N–H and O–H groups in total. The van der Waals surface area contributed by atoms with E-state index in [2.05, 4.69) is 0 Å². The zero-order chi connectivity index (χ0) is 10.6. The number of aliphatic hydroxyl groups excluding tert-OH is 1. The van der Waals surface area contributed by atoms with Crippen molar-refractivity contribution in [2.45, 2.75) is 25.3 Å². The molecule has 0 amide bonds. The van der Waals surface area contributed by atoms with Crippen molar-refractivity contribution in [3.63, 3.8) is 0 Å². The van der Waals surface area contributed by atoms with Crippen LogP contribution < -0.4 is 5.73 Å². The van der Waals surface area contributed by atoms with Gasteiger partial charge in [-0.15, -0.1) is 0 Å². The van der Waals surface area contributed by atoms with Crippen LogP contribution in [0.3, 0.4) is 0 Å². The highest BCUT2D eigenvalue weighted by Gasteiger charge is 2.27. The quantitative estimate of drug-likeness (QED) is 0.772. The van der Waals surface area contributed by atoms with E-state index in [1.807, 2.05) is 6.92 Å². The molecule has 1 rings (SSSR count). The predicted molar refractivity (Wildman–Crippen MR) is 54.3 cm³/mol. The van der Waals surface area contributed by atoms with Gasteiger partial charge in [0.15, 0.2) is 0 Å². The average Bonchev–Trinajstić information content (AvgIpc) is 2.18. The molecule has 1 atom stereocenters. The molecule has 0 bridgehead atoms. The molecule has 0 heterocycles. The number of hydrogen-bond donors (Lipinski definition) is 2. The Hall–Kier alpha value is -0.930. The van der Waals surface area contributed by atoms with E-state index in [0.717, 1.165) is 0 Å². The molecular formula is C11H16FNO. The Bertz CT molecular complexity index is 303. The molecule has 2 nitrogen and oxygen atoms in total. The molecule has 1 aromatic rings. The summed E-state index contributed by atoms with van der Waals surface area (Å²) in [6.45, 7) is 1.86. The van der Waals surface area contributed by atoms with Crippen LogP contribution in [0, 0.1) is 5.82 Å². The SMILES string of the molecule is CCC(N)(CCO)c1ccccc1F. The van der Waals surface area contributed by atoms with Crippen molar-refractivity contribution in [3.05, 3.63) is 35.6 Å². The van der Waals surface area contributed by atoms with E-state index in [9.17, 15) is 4.39 Å². The lowest BCUT2D eigenvalue weighted by Gasteiger charge is -2.28. The molecule has 1 aromatic carbocycles. The highest BCUT2D eigenvalue weighted by Crippen LogP contribution is 2.27. The standard InChI is InChI=1S/C11H16FNO/c1-2-11(13,7-8-14)9-5-3-4-6-10(9)12/h3-6,14H,2,7-8,13H2,1H3. The lowest BCUT2D eigenvalue weighted by molar-refractivity contribution is 0.232. The summed E-state index contributed by atoms with van der Waals surface area (Å²) in [5, 5.41) is 8.88. The molecule has 78 valence electrons. The molecule has 0 saturated heterocycles. The van der Waals surface area contributed by atoms with Gasteiger partial charge in [0.2, 0.25) is 0 Å². The summed E-state index contributed by atoms with van der Waals surface area (Å²) in [5.74, 6) is -0.301. The van der Waals surface area contributed by atoms with Gasteiger partial charge in [-0.2, -0.15) is 0 Å². The summed E-state index contributed by atoms with van der Waals surface area (Å²) in [5.41, 5.74) is 5.76. The van der Waals surface area contributed by atoms with Gasteiger partial charge >= 0.3 is 0 Å². The van der Waals surface area contributed by atoms with E-state index in [4.69, 9.17) is 10.8 Å². The van der Waals surface area contributed by atoms with Gasteiger partial charge in [0.25, 0.3) is 0 Å². The van der Waals surface area contributed by atoms with Crippen LogP contribution >= 0.6 is 0 Å². The number of benzene rings is 1. The van der Waals surface area contributed by atoms with Crippen LogP contribution in [0.25, 0.3) is 0 Å². The summed E-state index contributed by atoms with van der Waals surface area (Å²) in [7, 11) is 0. The molecule has 14 heavy (non-hydrogen) atoms. The smallest absolute Gasteiger partial charge is 0.128 e. The predicted octanol–water partition coefficient (Wildman–Crippen LogP) is 1.77. The molecule has 0 saturated carbocycles. The number of hydrogen-bond acceptors (Lipinski definition) is 2. The van der Waals surface area contributed by atoms with Crippen molar-refractivity contribution in [1.82, 2.24) is 0 Å². The first kappa shape index (κ1) is 11.1. The zero-order valence-electron chi connectivity index (χ0n) is 8.33. The second kappa shape index (κ2) is 4.53. The number of halogens is 1. The van der Waals surface area contributed by atoms with Crippen molar-refractivity contribution < 1.29 is 9.50 Å². The topological polar surface area (TPSA) is 46.2 Å². The minimum Gasteiger partial charge on any atom is -0.396 e. The van der Waals surface area contributed by atoms with Crippen LogP contribution in [-0.2, 0) is 5.54 Å². The molecular weight excluding hydrogens is 181 g/mol. The van der Waals surface area contributed by atoms with Gasteiger partial charge in [0, 0.05) is 17.7 Å². The number of aliphatic hydroxyl groups is 1. The van der Waals surface area contributed by atoms with Gasteiger partial charge < -0.3 is 10.8 Å². The van der Waals surface area contributed by atoms with Crippen LogP contribution in [0.2, 0.25) is 0 Å². The van der Waals surface area contributed by atoms with Crippen LogP contribution in [0.4, 0.5) is 4.39 Å². The Labute approximate surface area is 83.6 Å². The van der Waals surface area contributed by atoms with Gasteiger partial charge in [-0.25, -0.2) is 4.39 Å². The first-order valence-electron chi connectivity index (χ1n) is 4.79. The molecule has 1 unspecified atom stereocenters. The fourth-order valence-corrected chi connectivity index (χ4v) is 1.57.